The molecule has 3 rings (SSSR count). The lowest BCUT2D eigenvalue weighted by Gasteiger charge is -2.25. The van der Waals surface area contributed by atoms with Gasteiger partial charge in [-0.05, 0) is 46.6 Å². The van der Waals surface area contributed by atoms with Crippen LogP contribution < -0.4 is 5.56 Å². The van der Waals surface area contributed by atoms with E-state index < -0.39 is 44.1 Å². The lowest BCUT2D eigenvalue weighted by atomic mass is 10.0. The fourth-order valence-corrected chi connectivity index (χ4v) is 4.19. The molecule has 1 saturated heterocycles. The van der Waals surface area contributed by atoms with Gasteiger partial charge >= 0.3 is 6.09 Å². The van der Waals surface area contributed by atoms with Crippen molar-refractivity contribution in [3.05, 3.63) is 27.7 Å². The van der Waals surface area contributed by atoms with Gasteiger partial charge in [-0.25, -0.2) is 18.2 Å². The second kappa shape index (κ2) is 7.70. The Morgan fingerprint density at radius 2 is 1.90 bits per heavy atom. The molecule has 1 aliphatic rings. The van der Waals surface area contributed by atoms with Crippen LogP contribution in [0.15, 0.2) is 16.1 Å². The highest BCUT2D eigenvalue weighted by molar-refractivity contribution is 7.90. The van der Waals surface area contributed by atoms with E-state index in [-0.39, 0.29) is 17.8 Å². The monoisotopic (exact) mass is 450 g/mol. The van der Waals surface area contributed by atoms with Crippen molar-refractivity contribution >= 4 is 32.7 Å². The SMILES string of the molecule is CC(=O)c1c(C)c2cnc(S(C)(=O)=O)nc2n(C2CCN(C(=O)OC(C)(C)C)C2)c1=O. The van der Waals surface area contributed by atoms with Crippen molar-refractivity contribution in [2.75, 3.05) is 19.3 Å². The lowest BCUT2D eigenvalue weighted by Crippen LogP contribution is -2.37. The molecule has 11 heteroatoms. The molecule has 0 aromatic carbocycles. The number of hydrogen-bond acceptors (Lipinski definition) is 8. The van der Waals surface area contributed by atoms with Crippen LogP contribution in [-0.4, -0.2) is 64.7 Å². The second-order valence-electron chi connectivity index (χ2n) is 8.76. The van der Waals surface area contributed by atoms with Crippen molar-refractivity contribution in [3.63, 3.8) is 0 Å². The Morgan fingerprint density at radius 3 is 2.45 bits per heavy atom. The molecular weight excluding hydrogens is 424 g/mol. The maximum Gasteiger partial charge on any atom is 0.410 e. The molecule has 0 N–H and O–H groups in total. The maximum absolute atomic E-state index is 13.3. The molecule has 2 aromatic rings. The summed E-state index contributed by atoms with van der Waals surface area (Å²) in [6.07, 6.45) is 2.22. The van der Waals surface area contributed by atoms with E-state index in [1.807, 2.05) is 0 Å². The van der Waals surface area contributed by atoms with Crippen molar-refractivity contribution in [1.82, 2.24) is 19.4 Å². The molecule has 1 unspecified atom stereocenters. The number of fused-ring (bicyclic) bond motifs is 1. The Kier molecular flexibility index (Phi) is 5.68. The summed E-state index contributed by atoms with van der Waals surface area (Å²) in [6, 6.07) is -0.497. The summed E-state index contributed by atoms with van der Waals surface area (Å²) in [5.74, 6) is -0.410. The zero-order valence-corrected chi connectivity index (χ0v) is 19.2. The number of likely N-dealkylation sites (tertiary alicyclic amines) is 1. The third kappa shape index (κ3) is 4.46. The van der Waals surface area contributed by atoms with Crippen molar-refractivity contribution < 1.29 is 22.7 Å². The standard InChI is InChI=1S/C20H26N4O6S/c1-11-14-9-21-18(31(6,28)29)22-16(14)24(17(26)15(11)12(2)25)13-7-8-23(10-13)19(27)30-20(3,4)5/h9,13H,7-8,10H2,1-6H3. The molecule has 1 aliphatic heterocycles. The fraction of sp³-hybridized carbons (Fsp3) is 0.550. The molecule has 0 saturated carbocycles. The quantitative estimate of drug-likeness (QED) is 0.512. The Labute approximate surface area is 180 Å². The van der Waals surface area contributed by atoms with Crippen LogP contribution in [0, 0.1) is 6.92 Å². The molecule has 0 bridgehead atoms. The summed E-state index contributed by atoms with van der Waals surface area (Å²) in [5.41, 5.74) is -0.711. The number of carbonyl (C=O) groups is 2. The van der Waals surface area contributed by atoms with E-state index in [1.54, 1.807) is 27.7 Å². The summed E-state index contributed by atoms with van der Waals surface area (Å²) < 4.78 is 30.7. The van der Waals surface area contributed by atoms with Crippen LogP contribution in [0.1, 0.15) is 56.1 Å². The fourth-order valence-electron chi connectivity index (χ4n) is 3.69. The average molecular weight is 451 g/mol. The molecule has 0 spiro atoms. The van der Waals surface area contributed by atoms with Crippen LogP contribution in [0.4, 0.5) is 4.79 Å². The number of nitrogens with zero attached hydrogens (tertiary/aromatic N) is 4. The summed E-state index contributed by atoms with van der Waals surface area (Å²) in [4.78, 5) is 47.5. The first kappa shape index (κ1) is 22.9. The number of aryl methyl sites for hydroxylation is 1. The predicted molar refractivity (Wildman–Crippen MR) is 113 cm³/mol. The first-order valence-corrected chi connectivity index (χ1v) is 11.7. The van der Waals surface area contributed by atoms with Gasteiger partial charge in [0.15, 0.2) is 5.78 Å². The highest BCUT2D eigenvalue weighted by atomic mass is 32.2. The number of pyridine rings is 1. The number of sulfone groups is 1. The highest BCUT2D eigenvalue weighted by Gasteiger charge is 2.33. The molecule has 1 atom stereocenters. The summed E-state index contributed by atoms with van der Waals surface area (Å²) in [6.45, 7) is 8.71. The van der Waals surface area contributed by atoms with Gasteiger partial charge in [-0.3, -0.25) is 14.2 Å². The van der Waals surface area contributed by atoms with Crippen molar-refractivity contribution in [2.45, 2.75) is 57.8 Å². The van der Waals surface area contributed by atoms with Gasteiger partial charge in [0.1, 0.15) is 11.2 Å². The van der Waals surface area contributed by atoms with E-state index >= 15 is 0 Å². The Morgan fingerprint density at radius 1 is 1.26 bits per heavy atom. The molecule has 168 valence electrons. The van der Waals surface area contributed by atoms with Crippen LogP contribution >= 0.6 is 0 Å². The first-order chi connectivity index (χ1) is 14.2. The van der Waals surface area contributed by atoms with E-state index in [2.05, 4.69) is 9.97 Å². The first-order valence-electron chi connectivity index (χ1n) is 9.81. The highest BCUT2D eigenvalue weighted by Crippen LogP contribution is 2.27. The number of hydrogen-bond donors (Lipinski definition) is 0. The third-order valence-electron chi connectivity index (χ3n) is 5.05. The smallest absolute Gasteiger partial charge is 0.410 e. The van der Waals surface area contributed by atoms with Crippen LogP contribution in [0.2, 0.25) is 0 Å². The minimum Gasteiger partial charge on any atom is -0.444 e. The van der Waals surface area contributed by atoms with Crippen LogP contribution in [0.25, 0.3) is 11.0 Å². The van der Waals surface area contributed by atoms with Crippen LogP contribution in [0.5, 0.6) is 0 Å². The van der Waals surface area contributed by atoms with Gasteiger partial charge in [-0.15, -0.1) is 0 Å². The van der Waals surface area contributed by atoms with E-state index in [4.69, 9.17) is 4.74 Å². The van der Waals surface area contributed by atoms with Crippen molar-refractivity contribution in [1.29, 1.82) is 0 Å². The minimum atomic E-state index is -3.72. The van der Waals surface area contributed by atoms with E-state index in [1.165, 1.54) is 22.6 Å². The number of amides is 1. The molecular formula is C20H26N4O6S. The topological polar surface area (TPSA) is 129 Å². The molecule has 1 amide bonds. The maximum atomic E-state index is 13.3. The summed E-state index contributed by atoms with van der Waals surface area (Å²) in [7, 11) is -3.72. The molecule has 2 aromatic heterocycles. The van der Waals surface area contributed by atoms with Crippen LogP contribution in [0.3, 0.4) is 0 Å². The van der Waals surface area contributed by atoms with E-state index in [9.17, 15) is 22.8 Å². The normalized spacial score (nSPS) is 17.2. The van der Waals surface area contributed by atoms with Gasteiger partial charge in [0.2, 0.25) is 15.0 Å². The Hall–Kier alpha value is -2.82. The molecule has 0 radical (unpaired) electrons. The lowest BCUT2D eigenvalue weighted by molar-refractivity contribution is 0.0289. The van der Waals surface area contributed by atoms with E-state index in [0.717, 1.165) is 6.26 Å². The predicted octanol–water partition coefficient (Wildman–Crippen LogP) is 1.89. The van der Waals surface area contributed by atoms with Gasteiger partial charge < -0.3 is 9.64 Å². The Balaban J connectivity index is 2.18. The number of aromatic nitrogens is 3. The number of Topliss-reactive ketones (excluding diaryl/α,β-unsaturated/α-hetero) is 1. The number of ketones is 1. The van der Waals surface area contributed by atoms with Gasteiger partial charge in [0, 0.05) is 30.9 Å². The largest absolute Gasteiger partial charge is 0.444 e. The van der Waals surface area contributed by atoms with Gasteiger partial charge in [-0.1, -0.05) is 0 Å². The second-order valence-corrected chi connectivity index (χ2v) is 10.7. The van der Waals surface area contributed by atoms with E-state index in [0.29, 0.717) is 23.9 Å². The molecule has 0 aliphatic carbocycles. The van der Waals surface area contributed by atoms with Crippen molar-refractivity contribution in [2.24, 2.45) is 0 Å². The van der Waals surface area contributed by atoms with Crippen LogP contribution in [-0.2, 0) is 14.6 Å². The minimum absolute atomic E-state index is 0.000997. The summed E-state index contributed by atoms with van der Waals surface area (Å²) in [5, 5.41) is -0.00182. The number of ether oxygens (including phenoxy) is 1. The zero-order valence-electron chi connectivity index (χ0n) is 18.4. The van der Waals surface area contributed by atoms with Gasteiger partial charge in [-0.2, -0.15) is 4.98 Å². The average Bonchev–Trinajstić information content (AvgIpc) is 3.08. The molecule has 10 nitrogen and oxygen atoms in total. The van der Waals surface area contributed by atoms with Crippen molar-refractivity contribution in [3.8, 4) is 0 Å². The van der Waals surface area contributed by atoms with Gasteiger partial charge in [0.25, 0.3) is 5.56 Å². The molecule has 31 heavy (non-hydrogen) atoms. The molecule has 3 heterocycles. The molecule has 1 fully saturated rings. The number of rotatable bonds is 3. The number of carbonyl (C=O) groups excluding carboxylic acids is 2. The third-order valence-corrected chi connectivity index (χ3v) is 5.91. The zero-order chi connectivity index (χ0) is 23.3. The Bertz CT molecular complexity index is 1240. The van der Waals surface area contributed by atoms with Gasteiger partial charge in [0.05, 0.1) is 11.6 Å². The summed E-state index contributed by atoms with van der Waals surface area (Å²) >= 11 is 0.